The Morgan fingerprint density at radius 3 is 2.40 bits per heavy atom. The van der Waals surface area contributed by atoms with E-state index in [0.29, 0.717) is 13.1 Å². The van der Waals surface area contributed by atoms with Crippen molar-refractivity contribution in [2.45, 2.75) is 38.8 Å². The van der Waals surface area contributed by atoms with Gasteiger partial charge in [0.05, 0.1) is 18.9 Å². The zero-order valence-electron chi connectivity index (χ0n) is 12.4. The van der Waals surface area contributed by atoms with Crippen molar-refractivity contribution in [3.63, 3.8) is 0 Å². The van der Waals surface area contributed by atoms with Gasteiger partial charge in [-0.1, -0.05) is 45.0 Å². The smallest absolute Gasteiger partial charge is 0.117 e. The van der Waals surface area contributed by atoms with Gasteiger partial charge >= 0.3 is 0 Å². The molecule has 1 aromatic heterocycles. The second kappa shape index (κ2) is 6.25. The Morgan fingerprint density at radius 2 is 1.85 bits per heavy atom. The van der Waals surface area contributed by atoms with Crippen LogP contribution in [0.4, 0.5) is 0 Å². The molecule has 1 unspecified atom stereocenters. The Balaban J connectivity index is 1.87. The third kappa shape index (κ3) is 3.95. The number of hydrogen-bond acceptors (Lipinski definition) is 3. The third-order valence-electron chi connectivity index (χ3n) is 3.38. The van der Waals surface area contributed by atoms with Gasteiger partial charge in [-0.05, 0) is 28.7 Å². The highest BCUT2D eigenvalue weighted by Gasteiger charge is 2.14. The van der Waals surface area contributed by atoms with Crippen LogP contribution in [0.1, 0.15) is 43.8 Å². The molecule has 0 fully saturated rings. The fourth-order valence-electron chi connectivity index (χ4n) is 2.07. The molecule has 0 aliphatic heterocycles. The summed E-state index contributed by atoms with van der Waals surface area (Å²) < 4.78 is 5.23. The first-order chi connectivity index (χ1) is 9.47. The SMILES string of the molecule is CC(C)(C)c1ccc(C(O)CNCc2ccco2)cc1. The first kappa shape index (κ1) is 14.8. The highest BCUT2D eigenvalue weighted by molar-refractivity contribution is 5.28. The molecule has 1 atom stereocenters. The fraction of sp³-hybridized carbons (Fsp3) is 0.412. The van der Waals surface area contributed by atoms with Gasteiger partial charge in [-0.3, -0.25) is 0 Å². The van der Waals surface area contributed by atoms with Crippen molar-refractivity contribution in [3.8, 4) is 0 Å². The van der Waals surface area contributed by atoms with Crippen LogP contribution in [0.25, 0.3) is 0 Å². The number of nitrogens with one attached hydrogen (secondary N) is 1. The summed E-state index contributed by atoms with van der Waals surface area (Å²) in [6, 6.07) is 12.0. The molecular weight excluding hydrogens is 250 g/mol. The largest absolute Gasteiger partial charge is 0.468 e. The van der Waals surface area contributed by atoms with Crippen molar-refractivity contribution < 1.29 is 9.52 Å². The van der Waals surface area contributed by atoms with Crippen LogP contribution in [-0.2, 0) is 12.0 Å². The van der Waals surface area contributed by atoms with Crippen LogP contribution >= 0.6 is 0 Å². The molecule has 0 spiro atoms. The maximum absolute atomic E-state index is 10.1. The monoisotopic (exact) mass is 273 g/mol. The van der Waals surface area contributed by atoms with Gasteiger partial charge in [0.25, 0.3) is 0 Å². The van der Waals surface area contributed by atoms with E-state index in [4.69, 9.17) is 4.42 Å². The zero-order valence-corrected chi connectivity index (χ0v) is 12.4. The number of hydrogen-bond donors (Lipinski definition) is 2. The van der Waals surface area contributed by atoms with Gasteiger partial charge in [-0.2, -0.15) is 0 Å². The first-order valence-electron chi connectivity index (χ1n) is 6.98. The van der Waals surface area contributed by atoms with Crippen LogP contribution in [0, 0.1) is 0 Å². The Kier molecular flexibility index (Phi) is 4.63. The van der Waals surface area contributed by atoms with E-state index in [0.717, 1.165) is 11.3 Å². The van der Waals surface area contributed by atoms with E-state index in [9.17, 15) is 5.11 Å². The van der Waals surface area contributed by atoms with Crippen molar-refractivity contribution in [2.75, 3.05) is 6.54 Å². The average Bonchev–Trinajstić information content (AvgIpc) is 2.91. The molecule has 0 saturated heterocycles. The molecule has 1 heterocycles. The molecule has 108 valence electrons. The van der Waals surface area contributed by atoms with Gasteiger partial charge < -0.3 is 14.8 Å². The summed E-state index contributed by atoms with van der Waals surface area (Å²) >= 11 is 0. The van der Waals surface area contributed by atoms with E-state index in [1.807, 2.05) is 24.3 Å². The van der Waals surface area contributed by atoms with Gasteiger partial charge in [0.1, 0.15) is 5.76 Å². The predicted molar refractivity (Wildman–Crippen MR) is 80.5 cm³/mol. The summed E-state index contributed by atoms with van der Waals surface area (Å²) in [5.74, 6) is 0.875. The van der Waals surface area contributed by atoms with Gasteiger partial charge in [0.15, 0.2) is 0 Å². The molecule has 20 heavy (non-hydrogen) atoms. The van der Waals surface area contributed by atoms with E-state index in [2.05, 4.69) is 38.2 Å². The summed E-state index contributed by atoms with van der Waals surface area (Å²) in [6.45, 7) is 7.69. The predicted octanol–water partition coefficient (Wildman–Crippen LogP) is 3.40. The quantitative estimate of drug-likeness (QED) is 0.877. The number of aliphatic hydroxyl groups excluding tert-OH is 1. The molecule has 0 aliphatic rings. The van der Waals surface area contributed by atoms with Gasteiger partial charge in [0, 0.05) is 6.54 Å². The number of aliphatic hydroxyl groups is 1. The van der Waals surface area contributed by atoms with Crippen LogP contribution in [0.3, 0.4) is 0 Å². The minimum atomic E-state index is -0.501. The topological polar surface area (TPSA) is 45.4 Å². The van der Waals surface area contributed by atoms with E-state index in [-0.39, 0.29) is 5.41 Å². The van der Waals surface area contributed by atoms with Crippen molar-refractivity contribution >= 4 is 0 Å². The normalized spacial score (nSPS) is 13.4. The van der Waals surface area contributed by atoms with Crippen LogP contribution in [0.15, 0.2) is 47.1 Å². The van der Waals surface area contributed by atoms with E-state index in [1.54, 1.807) is 6.26 Å². The van der Waals surface area contributed by atoms with Crippen molar-refractivity contribution in [1.82, 2.24) is 5.32 Å². The maximum Gasteiger partial charge on any atom is 0.117 e. The Bertz CT molecular complexity index is 509. The molecule has 1 aromatic carbocycles. The van der Waals surface area contributed by atoms with Crippen molar-refractivity contribution in [1.29, 1.82) is 0 Å². The molecule has 3 heteroatoms. The first-order valence-corrected chi connectivity index (χ1v) is 6.98. The Morgan fingerprint density at radius 1 is 1.15 bits per heavy atom. The van der Waals surface area contributed by atoms with Crippen molar-refractivity contribution in [3.05, 3.63) is 59.5 Å². The van der Waals surface area contributed by atoms with Crippen molar-refractivity contribution in [2.24, 2.45) is 0 Å². The molecule has 2 N–H and O–H groups in total. The number of furan rings is 1. The van der Waals surface area contributed by atoms with Crippen LogP contribution in [-0.4, -0.2) is 11.7 Å². The summed E-state index contributed by atoms with van der Waals surface area (Å²) in [4.78, 5) is 0. The zero-order chi connectivity index (χ0) is 14.6. The van der Waals surface area contributed by atoms with Crippen LogP contribution < -0.4 is 5.32 Å². The van der Waals surface area contributed by atoms with E-state index < -0.39 is 6.10 Å². The van der Waals surface area contributed by atoms with Crippen LogP contribution in [0.5, 0.6) is 0 Å². The van der Waals surface area contributed by atoms with Gasteiger partial charge in [-0.15, -0.1) is 0 Å². The minimum absolute atomic E-state index is 0.140. The second-order valence-corrected chi connectivity index (χ2v) is 6.10. The minimum Gasteiger partial charge on any atom is -0.468 e. The summed E-state index contributed by atoms with van der Waals surface area (Å²) in [5, 5.41) is 13.3. The lowest BCUT2D eigenvalue weighted by atomic mass is 9.86. The summed E-state index contributed by atoms with van der Waals surface area (Å²) in [5.41, 5.74) is 2.35. The van der Waals surface area contributed by atoms with Gasteiger partial charge in [-0.25, -0.2) is 0 Å². The highest BCUT2D eigenvalue weighted by atomic mass is 16.3. The maximum atomic E-state index is 10.1. The summed E-state index contributed by atoms with van der Waals surface area (Å²) in [7, 11) is 0. The summed E-state index contributed by atoms with van der Waals surface area (Å²) in [6.07, 6.45) is 1.15. The lowest BCUT2D eigenvalue weighted by Gasteiger charge is -2.20. The molecule has 3 nitrogen and oxygen atoms in total. The highest BCUT2D eigenvalue weighted by Crippen LogP contribution is 2.23. The molecule has 0 saturated carbocycles. The second-order valence-electron chi connectivity index (χ2n) is 6.10. The molecule has 0 bridgehead atoms. The fourth-order valence-corrected chi connectivity index (χ4v) is 2.07. The molecule has 0 radical (unpaired) electrons. The number of rotatable bonds is 5. The molecule has 0 amide bonds. The average molecular weight is 273 g/mol. The molecular formula is C17H23NO2. The Hall–Kier alpha value is -1.58. The lowest BCUT2D eigenvalue weighted by molar-refractivity contribution is 0.173. The third-order valence-corrected chi connectivity index (χ3v) is 3.38. The Labute approximate surface area is 120 Å². The lowest BCUT2D eigenvalue weighted by Crippen LogP contribution is -2.21. The standard InChI is InChI=1S/C17H23NO2/c1-17(2,3)14-8-6-13(7-9-14)16(19)12-18-11-15-5-4-10-20-15/h4-10,16,18-19H,11-12H2,1-3H3. The molecule has 2 rings (SSSR count). The number of benzene rings is 1. The molecule has 0 aliphatic carbocycles. The van der Waals surface area contributed by atoms with Crippen LogP contribution in [0.2, 0.25) is 0 Å². The molecule has 2 aromatic rings. The van der Waals surface area contributed by atoms with E-state index >= 15 is 0 Å². The van der Waals surface area contributed by atoms with E-state index in [1.165, 1.54) is 5.56 Å². The van der Waals surface area contributed by atoms with Gasteiger partial charge in [0.2, 0.25) is 0 Å².